The van der Waals surface area contributed by atoms with Crippen molar-refractivity contribution in [1.29, 1.82) is 0 Å². The lowest BCUT2D eigenvalue weighted by Crippen LogP contribution is -2.39. The van der Waals surface area contributed by atoms with Crippen molar-refractivity contribution in [2.45, 2.75) is 25.9 Å². The van der Waals surface area contributed by atoms with E-state index in [9.17, 15) is 0 Å². The molecule has 1 fully saturated rings. The number of hydrogen-bond donors (Lipinski definition) is 0. The van der Waals surface area contributed by atoms with Crippen LogP contribution in [0.3, 0.4) is 0 Å². The second-order valence-electron chi connectivity index (χ2n) is 6.16. The number of anilines is 1. The summed E-state index contributed by atoms with van der Waals surface area (Å²) in [5.74, 6) is 1.59. The number of aromatic nitrogens is 4. The summed E-state index contributed by atoms with van der Waals surface area (Å²) < 4.78 is 7.02. The zero-order valence-electron chi connectivity index (χ0n) is 13.9. The van der Waals surface area contributed by atoms with Gasteiger partial charge in [-0.3, -0.25) is 4.98 Å². The van der Waals surface area contributed by atoms with E-state index in [4.69, 9.17) is 4.74 Å². The molecule has 0 amide bonds. The van der Waals surface area contributed by atoms with Crippen molar-refractivity contribution < 1.29 is 4.74 Å². The third-order valence-corrected chi connectivity index (χ3v) is 4.83. The predicted octanol–water partition coefficient (Wildman–Crippen LogP) is 3.54. The van der Waals surface area contributed by atoms with Crippen molar-refractivity contribution in [3.8, 4) is 5.88 Å². The number of piperidine rings is 1. The van der Waals surface area contributed by atoms with Gasteiger partial charge >= 0.3 is 0 Å². The maximum atomic E-state index is 5.99. The average molecular weight is 400 g/mol. The molecule has 6 nitrogen and oxygen atoms in total. The average Bonchev–Trinajstić information content (AvgIpc) is 2.62. The Hall–Kier alpha value is -2.28. The van der Waals surface area contributed by atoms with E-state index >= 15 is 0 Å². The van der Waals surface area contributed by atoms with Crippen molar-refractivity contribution in [1.82, 2.24) is 19.9 Å². The molecule has 3 aromatic rings. The lowest BCUT2D eigenvalue weighted by Gasteiger charge is -2.33. The Balaban J connectivity index is 1.48. The Kier molecular flexibility index (Phi) is 4.48. The van der Waals surface area contributed by atoms with Crippen molar-refractivity contribution in [3.63, 3.8) is 0 Å². The highest BCUT2D eigenvalue weighted by Gasteiger charge is 2.23. The van der Waals surface area contributed by atoms with Gasteiger partial charge in [-0.05, 0) is 25.1 Å². The van der Waals surface area contributed by atoms with Gasteiger partial charge < -0.3 is 9.64 Å². The summed E-state index contributed by atoms with van der Waals surface area (Å²) >= 11 is 3.54. The van der Waals surface area contributed by atoms with Crippen molar-refractivity contribution in [3.05, 3.63) is 47.1 Å². The minimum Gasteiger partial charge on any atom is -0.473 e. The van der Waals surface area contributed by atoms with Crippen molar-refractivity contribution >= 4 is 32.7 Å². The van der Waals surface area contributed by atoms with Gasteiger partial charge in [0.05, 0.1) is 17.4 Å². The molecule has 3 heterocycles. The van der Waals surface area contributed by atoms with E-state index in [1.165, 1.54) is 0 Å². The first kappa shape index (κ1) is 16.2. The summed E-state index contributed by atoms with van der Waals surface area (Å²) in [6.07, 6.45) is 7.05. The summed E-state index contributed by atoms with van der Waals surface area (Å²) in [6, 6.07) is 6.09. The van der Waals surface area contributed by atoms with Crippen LogP contribution in [0.25, 0.3) is 10.9 Å². The van der Waals surface area contributed by atoms with Gasteiger partial charge in [0.15, 0.2) is 0 Å². The quantitative estimate of drug-likeness (QED) is 0.670. The number of aryl methyl sites for hydroxylation is 1. The van der Waals surface area contributed by atoms with E-state index in [0.29, 0.717) is 5.88 Å². The molecule has 0 bridgehead atoms. The molecular weight excluding hydrogens is 382 g/mol. The van der Waals surface area contributed by atoms with Gasteiger partial charge in [-0.25, -0.2) is 15.0 Å². The highest BCUT2D eigenvalue weighted by Crippen LogP contribution is 2.28. The van der Waals surface area contributed by atoms with E-state index in [1.54, 1.807) is 18.7 Å². The van der Waals surface area contributed by atoms with E-state index in [0.717, 1.165) is 52.8 Å². The summed E-state index contributed by atoms with van der Waals surface area (Å²) in [6.45, 7) is 3.70. The number of halogens is 1. The molecule has 128 valence electrons. The van der Waals surface area contributed by atoms with Gasteiger partial charge in [0.1, 0.15) is 18.2 Å². The highest BCUT2D eigenvalue weighted by atomic mass is 79.9. The number of ether oxygens (including phenoxy) is 1. The number of rotatable bonds is 3. The fourth-order valence-corrected chi connectivity index (χ4v) is 3.48. The molecule has 1 aromatic carbocycles. The fourth-order valence-electron chi connectivity index (χ4n) is 3.12. The molecule has 0 N–H and O–H groups in total. The fraction of sp³-hybridized carbons (Fsp3) is 0.333. The number of hydrogen-bond acceptors (Lipinski definition) is 6. The monoisotopic (exact) mass is 399 g/mol. The molecule has 0 unspecified atom stereocenters. The summed E-state index contributed by atoms with van der Waals surface area (Å²) in [4.78, 5) is 19.7. The number of benzene rings is 1. The molecular formula is C18H18BrN5O. The zero-order chi connectivity index (χ0) is 17.2. The smallest absolute Gasteiger partial charge is 0.232 e. The van der Waals surface area contributed by atoms with Crippen molar-refractivity contribution in [2.24, 2.45) is 0 Å². The normalized spacial score (nSPS) is 15.5. The van der Waals surface area contributed by atoms with Crippen LogP contribution in [-0.4, -0.2) is 39.1 Å². The van der Waals surface area contributed by atoms with Crippen LogP contribution in [0, 0.1) is 6.92 Å². The third-order valence-electron chi connectivity index (χ3n) is 4.34. The second kappa shape index (κ2) is 6.92. The molecule has 1 aliphatic heterocycles. The summed E-state index contributed by atoms with van der Waals surface area (Å²) in [5, 5.41) is 1.07. The minimum absolute atomic E-state index is 0.159. The molecule has 2 aromatic heterocycles. The second-order valence-corrected chi connectivity index (χ2v) is 7.08. The maximum Gasteiger partial charge on any atom is 0.232 e. The van der Waals surface area contributed by atoms with Gasteiger partial charge in [-0.1, -0.05) is 15.9 Å². The Labute approximate surface area is 154 Å². The van der Waals surface area contributed by atoms with E-state index < -0.39 is 0 Å². The molecule has 0 saturated carbocycles. The first-order valence-electron chi connectivity index (χ1n) is 8.29. The van der Waals surface area contributed by atoms with Gasteiger partial charge in [0.25, 0.3) is 0 Å². The Morgan fingerprint density at radius 3 is 2.80 bits per heavy atom. The van der Waals surface area contributed by atoms with Crippen LogP contribution in [0.5, 0.6) is 5.88 Å². The van der Waals surface area contributed by atoms with E-state index in [1.807, 2.05) is 19.1 Å². The first-order valence-corrected chi connectivity index (χ1v) is 9.09. The van der Waals surface area contributed by atoms with Gasteiger partial charge in [0.2, 0.25) is 5.88 Å². The highest BCUT2D eigenvalue weighted by molar-refractivity contribution is 9.10. The predicted molar refractivity (Wildman–Crippen MR) is 99.9 cm³/mol. The number of nitrogens with zero attached hydrogens (tertiary/aromatic N) is 5. The third kappa shape index (κ3) is 3.56. The lowest BCUT2D eigenvalue weighted by molar-refractivity contribution is 0.163. The Morgan fingerprint density at radius 2 is 2.00 bits per heavy atom. The first-order chi connectivity index (χ1) is 12.2. The molecule has 0 radical (unpaired) electrons. The molecule has 0 aliphatic carbocycles. The van der Waals surface area contributed by atoms with Crippen LogP contribution in [0.15, 0.2) is 41.4 Å². The van der Waals surface area contributed by atoms with Crippen LogP contribution in [0.1, 0.15) is 18.5 Å². The topological polar surface area (TPSA) is 64.0 Å². The zero-order valence-corrected chi connectivity index (χ0v) is 15.5. The molecule has 25 heavy (non-hydrogen) atoms. The molecule has 7 heteroatoms. The summed E-state index contributed by atoms with van der Waals surface area (Å²) in [7, 11) is 0. The standard InChI is InChI=1S/C18H18BrN5O/c1-12-9-20-10-17(23-12)25-14-4-6-24(7-5-14)18-15-8-13(19)2-3-16(15)21-11-22-18/h2-3,8-11,14H,4-7H2,1H3. The molecule has 4 rings (SSSR count). The molecule has 0 atom stereocenters. The number of fused-ring (bicyclic) bond motifs is 1. The van der Waals surface area contributed by atoms with Crippen molar-refractivity contribution in [2.75, 3.05) is 18.0 Å². The Morgan fingerprint density at radius 1 is 1.16 bits per heavy atom. The van der Waals surface area contributed by atoms with E-state index in [2.05, 4.69) is 46.8 Å². The maximum absolute atomic E-state index is 5.99. The summed E-state index contributed by atoms with van der Waals surface area (Å²) in [5.41, 5.74) is 1.83. The van der Waals surface area contributed by atoms with E-state index in [-0.39, 0.29) is 6.10 Å². The SMILES string of the molecule is Cc1cncc(OC2CCN(c3ncnc4ccc(Br)cc34)CC2)n1. The van der Waals surface area contributed by atoms with Crippen LogP contribution in [0.2, 0.25) is 0 Å². The van der Waals surface area contributed by atoms with Gasteiger partial charge in [0, 0.05) is 42.0 Å². The largest absolute Gasteiger partial charge is 0.473 e. The van der Waals surface area contributed by atoms with Gasteiger partial charge in [-0.15, -0.1) is 0 Å². The lowest BCUT2D eigenvalue weighted by atomic mass is 10.1. The van der Waals surface area contributed by atoms with Crippen LogP contribution in [0.4, 0.5) is 5.82 Å². The molecule has 1 aliphatic rings. The molecule has 1 saturated heterocycles. The van der Waals surface area contributed by atoms with Crippen LogP contribution < -0.4 is 9.64 Å². The Bertz CT molecular complexity index is 896. The van der Waals surface area contributed by atoms with Gasteiger partial charge in [-0.2, -0.15) is 0 Å². The van der Waals surface area contributed by atoms with Crippen LogP contribution in [-0.2, 0) is 0 Å². The molecule has 0 spiro atoms. The minimum atomic E-state index is 0.159. The van der Waals surface area contributed by atoms with Crippen LogP contribution >= 0.6 is 15.9 Å².